The number of fused-ring (bicyclic) bond motifs is 1. The van der Waals surface area contributed by atoms with E-state index in [1.165, 1.54) is 0 Å². The van der Waals surface area contributed by atoms with Gasteiger partial charge in [0.15, 0.2) is 0 Å². The molecule has 1 heterocycles. The fourth-order valence-corrected chi connectivity index (χ4v) is 1.46. The number of halogens is 2. The molecule has 0 aliphatic heterocycles. The molecule has 0 fully saturated rings. The first-order valence-corrected chi connectivity index (χ1v) is 3.96. The van der Waals surface area contributed by atoms with E-state index < -0.39 is 0 Å². The van der Waals surface area contributed by atoms with Crippen LogP contribution in [0.15, 0.2) is 24.4 Å². The van der Waals surface area contributed by atoms with Gasteiger partial charge in [-0.2, -0.15) is 0 Å². The lowest BCUT2D eigenvalue weighted by atomic mass is 10.2. The Hall–Kier alpha value is -0.660. The van der Waals surface area contributed by atoms with Crippen LogP contribution in [0, 0.1) is 0 Å². The third-order valence-electron chi connectivity index (χ3n) is 1.62. The van der Waals surface area contributed by atoms with Crippen LogP contribution in [0.25, 0.3) is 10.9 Å². The van der Waals surface area contributed by atoms with Crippen molar-refractivity contribution >= 4 is 34.1 Å². The summed E-state index contributed by atoms with van der Waals surface area (Å²) in [6.07, 6.45) is 1.84. The minimum Gasteiger partial charge on any atom is -0.361 e. The highest BCUT2D eigenvalue weighted by Crippen LogP contribution is 2.29. The van der Waals surface area contributed by atoms with E-state index in [0.717, 1.165) is 10.9 Å². The van der Waals surface area contributed by atoms with Crippen molar-refractivity contribution in [1.82, 2.24) is 4.98 Å². The summed E-state index contributed by atoms with van der Waals surface area (Å²) in [4.78, 5) is 3.04. The number of rotatable bonds is 0. The van der Waals surface area contributed by atoms with E-state index in [-0.39, 0.29) is 0 Å². The van der Waals surface area contributed by atoms with Crippen LogP contribution in [-0.4, -0.2) is 4.98 Å². The number of benzene rings is 1. The van der Waals surface area contributed by atoms with Gasteiger partial charge < -0.3 is 4.98 Å². The van der Waals surface area contributed by atoms with Gasteiger partial charge in [-0.25, -0.2) is 0 Å². The Morgan fingerprint density at radius 1 is 1.09 bits per heavy atom. The summed E-state index contributed by atoms with van der Waals surface area (Å²) in [5, 5.41) is 2.18. The molecule has 0 radical (unpaired) electrons. The number of H-pyrrole nitrogens is 1. The van der Waals surface area contributed by atoms with Gasteiger partial charge in [0.1, 0.15) is 0 Å². The van der Waals surface area contributed by atoms with Crippen molar-refractivity contribution < 1.29 is 0 Å². The van der Waals surface area contributed by atoms with Crippen molar-refractivity contribution in [1.29, 1.82) is 0 Å². The lowest BCUT2D eigenvalue weighted by Crippen LogP contribution is -1.70. The van der Waals surface area contributed by atoms with Crippen LogP contribution in [0.4, 0.5) is 0 Å². The summed E-state index contributed by atoms with van der Waals surface area (Å²) in [5.41, 5.74) is 1.01. The van der Waals surface area contributed by atoms with Gasteiger partial charge in [0.05, 0.1) is 10.0 Å². The number of nitrogens with one attached hydrogen (secondary N) is 1. The molecule has 0 bridgehead atoms. The highest BCUT2D eigenvalue weighted by molar-refractivity contribution is 6.45. The number of hydrogen-bond acceptors (Lipinski definition) is 0. The maximum absolute atomic E-state index is 5.92. The second kappa shape index (κ2) is 2.43. The van der Waals surface area contributed by atoms with Gasteiger partial charge in [-0.1, -0.05) is 23.2 Å². The fourth-order valence-electron chi connectivity index (χ4n) is 1.07. The lowest BCUT2D eigenvalue weighted by molar-refractivity contribution is 1.48. The van der Waals surface area contributed by atoms with Gasteiger partial charge in [-0.15, -0.1) is 0 Å². The van der Waals surface area contributed by atoms with Crippen LogP contribution < -0.4 is 0 Å². The number of aromatic amines is 1. The normalized spacial score (nSPS) is 10.7. The first kappa shape index (κ1) is 7.01. The topological polar surface area (TPSA) is 15.8 Å². The quantitative estimate of drug-likeness (QED) is 0.648. The second-order valence-corrected chi connectivity index (χ2v) is 3.09. The molecule has 2 rings (SSSR count). The molecule has 0 amide bonds. The molecule has 1 nitrogen and oxygen atoms in total. The predicted octanol–water partition coefficient (Wildman–Crippen LogP) is 3.47. The zero-order valence-electron chi connectivity index (χ0n) is 5.57. The van der Waals surface area contributed by atoms with Crippen molar-refractivity contribution in [2.45, 2.75) is 0 Å². The van der Waals surface area contributed by atoms with Gasteiger partial charge in [0.25, 0.3) is 0 Å². The van der Waals surface area contributed by atoms with Crippen LogP contribution in [-0.2, 0) is 0 Å². The largest absolute Gasteiger partial charge is 0.361 e. The Morgan fingerprint density at radius 3 is 2.73 bits per heavy atom. The molecule has 0 saturated heterocycles. The number of aromatic nitrogens is 1. The molecule has 0 aliphatic rings. The highest BCUT2D eigenvalue weighted by atomic mass is 35.5. The highest BCUT2D eigenvalue weighted by Gasteiger charge is 2.02. The minimum absolute atomic E-state index is 0.596. The predicted molar refractivity (Wildman–Crippen MR) is 48.3 cm³/mol. The number of hydrogen-bond donors (Lipinski definition) is 1. The van der Waals surface area contributed by atoms with Gasteiger partial charge in [0, 0.05) is 17.1 Å². The first-order valence-electron chi connectivity index (χ1n) is 3.20. The van der Waals surface area contributed by atoms with Crippen LogP contribution in [0.1, 0.15) is 0 Å². The molecule has 0 atom stereocenters. The summed E-state index contributed by atoms with van der Waals surface area (Å²) in [5.74, 6) is 0. The van der Waals surface area contributed by atoms with Crippen LogP contribution >= 0.6 is 23.2 Å². The van der Waals surface area contributed by atoms with Crippen molar-refractivity contribution in [3.63, 3.8) is 0 Å². The average molecular weight is 186 g/mol. The van der Waals surface area contributed by atoms with Crippen LogP contribution in [0.3, 0.4) is 0 Å². The SMILES string of the molecule is Clc1ccc2[nH]ccc2c1Cl. The monoisotopic (exact) mass is 185 g/mol. The average Bonchev–Trinajstić information content (AvgIpc) is 2.45. The Morgan fingerprint density at radius 2 is 1.91 bits per heavy atom. The third-order valence-corrected chi connectivity index (χ3v) is 2.44. The van der Waals surface area contributed by atoms with E-state index >= 15 is 0 Å². The van der Waals surface area contributed by atoms with Gasteiger partial charge >= 0.3 is 0 Å². The molecule has 0 saturated carbocycles. The van der Waals surface area contributed by atoms with E-state index in [4.69, 9.17) is 23.2 Å². The summed E-state index contributed by atoms with van der Waals surface area (Å²) < 4.78 is 0. The lowest BCUT2D eigenvalue weighted by Gasteiger charge is -1.95. The molecule has 1 aromatic carbocycles. The Kier molecular flexibility index (Phi) is 1.55. The third kappa shape index (κ3) is 1.01. The summed E-state index contributed by atoms with van der Waals surface area (Å²) in [6, 6.07) is 5.59. The Balaban J connectivity index is 2.93. The molecule has 3 heteroatoms. The standard InChI is InChI=1S/C8H5Cl2N/c9-6-1-2-7-5(8(6)10)3-4-11-7/h1-4,11H. The zero-order valence-corrected chi connectivity index (χ0v) is 7.08. The van der Waals surface area contributed by atoms with Gasteiger partial charge in [-0.3, -0.25) is 0 Å². The Bertz CT molecular complexity index is 392. The molecular weight excluding hydrogens is 181 g/mol. The van der Waals surface area contributed by atoms with Gasteiger partial charge in [0.2, 0.25) is 0 Å². The molecule has 0 aliphatic carbocycles. The summed E-state index contributed by atoms with van der Waals surface area (Å²) in [7, 11) is 0. The van der Waals surface area contributed by atoms with Crippen molar-refractivity contribution in [2.24, 2.45) is 0 Å². The van der Waals surface area contributed by atoms with E-state index in [1.807, 2.05) is 18.3 Å². The maximum atomic E-state index is 5.92. The van der Waals surface area contributed by atoms with E-state index in [9.17, 15) is 0 Å². The maximum Gasteiger partial charge on any atom is 0.0686 e. The molecular formula is C8H5Cl2N. The van der Waals surface area contributed by atoms with Crippen LogP contribution in [0.2, 0.25) is 10.0 Å². The van der Waals surface area contributed by atoms with Gasteiger partial charge in [-0.05, 0) is 18.2 Å². The van der Waals surface area contributed by atoms with Crippen LogP contribution in [0.5, 0.6) is 0 Å². The summed E-state index contributed by atoms with van der Waals surface area (Å²) in [6.45, 7) is 0. The van der Waals surface area contributed by atoms with Crippen molar-refractivity contribution in [3.8, 4) is 0 Å². The first-order chi connectivity index (χ1) is 5.29. The molecule has 56 valence electrons. The molecule has 0 unspecified atom stereocenters. The smallest absolute Gasteiger partial charge is 0.0686 e. The van der Waals surface area contributed by atoms with E-state index in [2.05, 4.69) is 4.98 Å². The van der Waals surface area contributed by atoms with E-state index in [1.54, 1.807) is 6.07 Å². The Labute approximate surface area is 73.9 Å². The fraction of sp³-hybridized carbons (Fsp3) is 0. The van der Waals surface area contributed by atoms with Crippen molar-refractivity contribution in [2.75, 3.05) is 0 Å². The van der Waals surface area contributed by atoms with E-state index in [0.29, 0.717) is 10.0 Å². The molecule has 11 heavy (non-hydrogen) atoms. The summed E-state index contributed by atoms with van der Waals surface area (Å²) >= 11 is 11.7. The molecule has 0 spiro atoms. The molecule has 1 N–H and O–H groups in total. The zero-order chi connectivity index (χ0) is 7.84. The second-order valence-electron chi connectivity index (χ2n) is 2.30. The van der Waals surface area contributed by atoms with Crippen molar-refractivity contribution in [3.05, 3.63) is 34.4 Å². The molecule has 2 aromatic rings. The molecule has 1 aromatic heterocycles. The minimum atomic E-state index is 0.596.